The average molecular weight is 1020 g/mol. The van der Waals surface area contributed by atoms with Gasteiger partial charge in [-0.3, -0.25) is 0 Å². The minimum absolute atomic E-state index is 0.00763. The largest absolute Gasteiger partial charge is 0.534 e. The van der Waals surface area contributed by atoms with Crippen LogP contribution in [0.25, 0.3) is 0 Å². The van der Waals surface area contributed by atoms with Gasteiger partial charge < -0.3 is 27.6 Å². The van der Waals surface area contributed by atoms with Crippen LogP contribution in [0.5, 0.6) is 11.5 Å². The van der Waals surface area contributed by atoms with Crippen molar-refractivity contribution in [2.45, 2.75) is 88.6 Å². The van der Waals surface area contributed by atoms with Gasteiger partial charge in [-0.15, -0.1) is 0 Å². The molecule has 6 aromatic rings. The zero-order valence-electron chi connectivity index (χ0n) is 35.8. The van der Waals surface area contributed by atoms with Gasteiger partial charge in [0.25, 0.3) is 8.32 Å². The van der Waals surface area contributed by atoms with E-state index in [2.05, 4.69) is 45.0 Å². The molecular weight excluding hydrogens is 973 g/mol. The number of alkyl halides is 3. The molecule has 1 saturated heterocycles. The maximum Gasteiger partial charge on any atom is 0.534 e. The van der Waals surface area contributed by atoms with Crippen LogP contribution >= 0.6 is 22.6 Å². The van der Waals surface area contributed by atoms with Crippen molar-refractivity contribution in [1.29, 1.82) is 0 Å². The highest BCUT2D eigenvalue weighted by atomic mass is 127. The number of hydrogen-bond donors (Lipinski definition) is 0. The molecule has 64 heavy (non-hydrogen) atoms. The molecule has 1 aliphatic heterocycles. The molecule has 0 unspecified atom stereocenters. The van der Waals surface area contributed by atoms with Crippen LogP contribution in [0.2, 0.25) is 5.04 Å². The number of rotatable bonds is 16. The smallest absolute Gasteiger partial charge is 0.488 e. The van der Waals surface area contributed by atoms with E-state index < -0.39 is 65.3 Å². The Morgan fingerprint density at radius 3 is 1.50 bits per heavy atom. The summed E-state index contributed by atoms with van der Waals surface area (Å²) in [6.07, 6.45) is -4.94. The molecule has 1 aliphatic rings. The predicted octanol–water partition coefficient (Wildman–Crippen LogP) is 10.7. The SMILES string of the molecule is C[C@@H]1O[C@H](c2ccc(OCc3ccccc3)c(I)c2OS(=O)(=O)C(F)(F)F)[C@@H](OCc2ccccc2)[C@@H](O[Si](c2ccccc2)(c2ccccc2)C(C)(C)C)[C@@H]1OCc1ccccc1. The summed E-state index contributed by atoms with van der Waals surface area (Å²) in [7, 11) is -9.64. The second-order valence-electron chi connectivity index (χ2n) is 16.6. The molecule has 0 saturated carbocycles. The van der Waals surface area contributed by atoms with E-state index in [0.717, 1.165) is 27.1 Å². The maximum absolute atomic E-state index is 14.3. The highest BCUT2D eigenvalue weighted by Crippen LogP contribution is 2.48. The summed E-state index contributed by atoms with van der Waals surface area (Å²) in [5, 5.41) is 1.42. The third-order valence-electron chi connectivity index (χ3n) is 11.2. The second-order valence-corrected chi connectivity index (χ2v) is 23.5. The van der Waals surface area contributed by atoms with E-state index in [1.165, 1.54) is 6.07 Å². The van der Waals surface area contributed by atoms with Gasteiger partial charge in [-0.1, -0.05) is 172 Å². The zero-order valence-corrected chi connectivity index (χ0v) is 39.8. The number of halogens is 4. The Morgan fingerprint density at radius 1 is 0.609 bits per heavy atom. The van der Waals surface area contributed by atoms with Crippen LogP contribution in [0.3, 0.4) is 0 Å². The van der Waals surface area contributed by atoms with Gasteiger partial charge in [-0.2, -0.15) is 21.6 Å². The van der Waals surface area contributed by atoms with Gasteiger partial charge >= 0.3 is 15.6 Å². The Labute approximate surface area is 388 Å². The van der Waals surface area contributed by atoms with Gasteiger partial charge in [0.2, 0.25) is 0 Å². The van der Waals surface area contributed by atoms with Crippen LogP contribution in [0.1, 0.15) is 56.1 Å². The molecule has 14 heteroatoms. The molecule has 7 rings (SSSR count). The Bertz CT molecular complexity index is 2490. The quantitative estimate of drug-likeness (QED) is 0.0410. The van der Waals surface area contributed by atoms with Crippen LogP contribution < -0.4 is 19.3 Å². The second kappa shape index (κ2) is 20.3. The monoisotopic (exact) mass is 1020 g/mol. The van der Waals surface area contributed by atoms with Crippen molar-refractivity contribution in [2.24, 2.45) is 0 Å². The van der Waals surface area contributed by atoms with Gasteiger partial charge in [0.05, 0.1) is 22.9 Å². The molecule has 336 valence electrons. The van der Waals surface area contributed by atoms with Gasteiger partial charge in [-0.25, -0.2) is 0 Å². The van der Waals surface area contributed by atoms with Gasteiger partial charge in [0, 0.05) is 5.56 Å². The van der Waals surface area contributed by atoms with Crippen molar-refractivity contribution in [2.75, 3.05) is 0 Å². The molecule has 0 aromatic heterocycles. The minimum atomic E-state index is -6.19. The van der Waals surface area contributed by atoms with Crippen molar-refractivity contribution in [3.05, 3.63) is 190 Å². The Kier molecular flexibility index (Phi) is 15.0. The van der Waals surface area contributed by atoms with E-state index in [9.17, 15) is 21.6 Å². The summed E-state index contributed by atoms with van der Waals surface area (Å²) < 4.78 is 109. The topological polar surface area (TPSA) is 89.5 Å². The predicted molar refractivity (Wildman–Crippen MR) is 251 cm³/mol. The highest BCUT2D eigenvalue weighted by Gasteiger charge is 2.57. The van der Waals surface area contributed by atoms with E-state index in [1.54, 1.807) is 28.7 Å². The summed E-state index contributed by atoms with van der Waals surface area (Å²) in [6.45, 7) is 8.51. The van der Waals surface area contributed by atoms with Crippen molar-refractivity contribution in [3.8, 4) is 11.5 Å². The number of ether oxygens (including phenoxy) is 4. The first-order valence-electron chi connectivity index (χ1n) is 20.8. The van der Waals surface area contributed by atoms with E-state index in [4.69, 9.17) is 27.6 Å². The van der Waals surface area contributed by atoms with Crippen molar-refractivity contribution in [1.82, 2.24) is 0 Å². The fraction of sp³-hybridized carbons (Fsp3) is 0.280. The van der Waals surface area contributed by atoms with Gasteiger partial charge in [0.1, 0.15) is 36.8 Å². The average Bonchev–Trinajstić information content (AvgIpc) is 3.28. The van der Waals surface area contributed by atoms with Crippen molar-refractivity contribution < 1.29 is 49.1 Å². The first-order chi connectivity index (χ1) is 30.6. The molecule has 1 heterocycles. The molecule has 0 amide bonds. The molecule has 0 bridgehead atoms. The molecule has 1 fully saturated rings. The van der Waals surface area contributed by atoms with E-state index in [1.807, 2.05) is 134 Å². The number of hydrogen-bond acceptors (Lipinski definition) is 8. The van der Waals surface area contributed by atoms with Gasteiger partial charge in [-0.05, 0) is 73.7 Å². The summed E-state index contributed by atoms with van der Waals surface area (Å²) in [6, 6.07) is 51.4. The third kappa shape index (κ3) is 10.6. The first kappa shape index (κ1) is 47.4. The van der Waals surface area contributed by atoms with Crippen LogP contribution in [-0.4, -0.2) is 46.7 Å². The van der Waals surface area contributed by atoms with Gasteiger partial charge in [0.15, 0.2) is 5.75 Å². The lowest BCUT2D eigenvalue weighted by Gasteiger charge is -2.52. The highest BCUT2D eigenvalue weighted by molar-refractivity contribution is 14.1. The molecule has 0 radical (unpaired) electrons. The van der Waals surface area contributed by atoms with Crippen LogP contribution in [0.15, 0.2) is 164 Å². The lowest BCUT2D eigenvalue weighted by molar-refractivity contribution is -0.245. The maximum atomic E-state index is 14.3. The molecule has 6 aromatic carbocycles. The van der Waals surface area contributed by atoms with Crippen LogP contribution in [0.4, 0.5) is 13.2 Å². The standard InChI is InChI=1S/C50H50F3IO8SSi/c1-35-44(58-33-37-22-12-6-13-23-37)48(62-64(49(2,3)4,39-26-16-8-17-27-39)40-28-18-9-19-29-40)47(59-34-38-24-14-7-15-25-38)46(60-35)41-30-31-42(57-32-36-20-10-5-11-21-36)43(54)45(41)61-63(55,56)50(51,52)53/h5-31,35,44,46-48H,32-34H2,1-4H3/t35-,44+,46+,47+,48-/m0/s1. The molecule has 5 atom stereocenters. The van der Waals surface area contributed by atoms with Crippen LogP contribution in [0, 0.1) is 3.57 Å². The summed E-state index contributed by atoms with van der Waals surface area (Å²) in [5.41, 5.74) is -3.26. The first-order valence-corrected chi connectivity index (χ1v) is 25.2. The lowest BCUT2D eigenvalue weighted by atomic mass is 9.90. The van der Waals surface area contributed by atoms with Crippen LogP contribution in [-0.2, 0) is 48.6 Å². The van der Waals surface area contributed by atoms with E-state index in [-0.39, 0.29) is 34.7 Å². The molecule has 0 spiro atoms. The fourth-order valence-electron chi connectivity index (χ4n) is 8.10. The number of benzene rings is 6. The van der Waals surface area contributed by atoms with Crippen molar-refractivity contribution >= 4 is 51.4 Å². The van der Waals surface area contributed by atoms with Crippen molar-refractivity contribution in [3.63, 3.8) is 0 Å². The molecular formula is C50H50F3IO8SSi. The Hall–Kier alpha value is -4.55. The minimum Gasteiger partial charge on any atom is -0.488 e. The normalized spacial score (nSPS) is 19.5. The van der Waals surface area contributed by atoms with E-state index >= 15 is 0 Å². The zero-order chi connectivity index (χ0) is 45.5. The molecule has 0 N–H and O–H groups in total. The fourth-order valence-corrected chi connectivity index (χ4v) is 14.2. The third-order valence-corrected chi connectivity index (χ3v) is 18.2. The Morgan fingerprint density at radius 2 is 1.05 bits per heavy atom. The summed E-state index contributed by atoms with van der Waals surface area (Å²) in [5.74, 6) is -0.489. The lowest BCUT2D eigenvalue weighted by Crippen LogP contribution is -2.71. The Balaban J connectivity index is 1.43. The summed E-state index contributed by atoms with van der Waals surface area (Å²) in [4.78, 5) is 0. The molecule has 0 aliphatic carbocycles. The van der Waals surface area contributed by atoms with E-state index in [0.29, 0.717) is 0 Å². The molecule has 8 nitrogen and oxygen atoms in total. The summed E-state index contributed by atoms with van der Waals surface area (Å²) >= 11 is 1.77.